The molecule has 0 aliphatic heterocycles. The Morgan fingerprint density at radius 3 is 0.805 bits per heavy atom. The molecule has 0 spiro atoms. The number of hydrogen-bond donors (Lipinski definition) is 0. The van der Waals surface area contributed by atoms with E-state index in [-0.39, 0.29) is 31.1 Å². The Balaban J connectivity index is 4.34. The highest BCUT2D eigenvalue weighted by Crippen LogP contribution is 2.18. The van der Waals surface area contributed by atoms with Gasteiger partial charge in [0.15, 0.2) is 6.10 Å². The Bertz CT molecular complexity index is 1380. The monoisotopic (exact) mass is 1080 g/mol. The lowest BCUT2D eigenvalue weighted by Gasteiger charge is -2.18. The van der Waals surface area contributed by atoms with Crippen molar-refractivity contribution in [2.24, 2.45) is 0 Å². The summed E-state index contributed by atoms with van der Waals surface area (Å²) >= 11 is 0. The number of allylic oxidation sites excluding steroid dienone is 10. The van der Waals surface area contributed by atoms with E-state index in [2.05, 4.69) is 81.5 Å². The Morgan fingerprint density at radius 1 is 0.273 bits per heavy atom. The first-order chi connectivity index (χ1) is 38.0. The summed E-state index contributed by atoms with van der Waals surface area (Å²) in [5.41, 5.74) is 0. The number of carbonyl (C=O) groups excluding carboxylic acids is 3. The Kier molecular flexibility index (Phi) is 63.2. The Hall–Kier alpha value is -2.89. The van der Waals surface area contributed by atoms with Gasteiger partial charge in [-0.15, -0.1) is 0 Å². The number of hydrogen-bond acceptors (Lipinski definition) is 6. The van der Waals surface area contributed by atoms with Crippen LogP contribution in [0.4, 0.5) is 0 Å². The number of ether oxygens (including phenoxy) is 3. The first kappa shape index (κ1) is 74.1. The summed E-state index contributed by atoms with van der Waals surface area (Å²) in [4.78, 5) is 38.4. The predicted octanol–water partition coefficient (Wildman–Crippen LogP) is 23.1. The van der Waals surface area contributed by atoms with E-state index in [1.54, 1.807) is 0 Å². The van der Waals surface area contributed by atoms with E-state index in [1.165, 1.54) is 218 Å². The van der Waals surface area contributed by atoms with Crippen molar-refractivity contribution in [3.8, 4) is 0 Å². The maximum absolute atomic E-state index is 12.9. The van der Waals surface area contributed by atoms with E-state index in [0.717, 1.165) is 96.3 Å². The third-order valence-corrected chi connectivity index (χ3v) is 15.0. The van der Waals surface area contributed by atoms with Gasteiger partial charge in [0.05, 0.1) is 0 Å². The molecular weight excluding hydrogens is 949 g/mol. The van der Waals surface area contributed by atoms with Crippen LogP contribution in [0.5, 0.6) is 0 Å². The molecular formula is C71H128O6. The zero-order valence-corrected chi connectivity index (χ0v) is 51.5. The third-order valence-electron chi connectivity index (χ3n) is 15.0. The second-order valence-corrected chi connectivity index (χ2v) is 22.7. The quantitative estimate of drug-likeness (QED) is 0.0261. The topological polar surface area (TPSA) is 78.9 Å². The maximum atomic E-state index is 12.9. The van der Waals surface area contributed by atoms with Crippen LogP contribution in [0, 0.1) is 0 Å². The second-order valence-electron chi connectivity index (χ2n) is 22.7. The molecule has 0 aromatic carbocycles. The highest BCUT2D eigenvalue weighted by atomic mass is 16.6. The molecule has 0 rings (SSSR count). The molecule has 6 nitrogen and oxygen atoms in total. The molecule has 0 saturated heterocycles. The van der Waals surface area contributed by atoms with Crippen molar-refractivity contribution in [2.45, 2.75) is 361 Å². The van der Waals surface area contributed by atoms with Gasteiger partial charge in [-0.2, -0.15) is 0 Å². The summed E-state index contributed by atoms with van der Waals surface area (Å²) in [6.45, 7) is 6.57. The molecule has 0 aromatic rings. The van der Waals surface area contributed by atoms with Crippen molar-refractivity contribution in [3.05, 3.63) is 60.8 Å². The van der Waals surface area contributed by atoms with E-state index in [9.17, 15) is 14.4 Å². The summed E-state index contributed by atoms with van der Waals surface area (Å²) in [5, 5.41) is 0. The molecule has 0 aliphatic rings. The van der Waals surface area contributed by atoms with Gasteiger partial charge in [0.1, 0.15) is 13.2 Å². The summed E-state index contributed by atoms with van der Waals surface area (Å²) in [6.07, 6.45) is 83.8. The van der Waals surface area contributed by atoms with Gasteiger partial charge < -0.3 is 14.2 Å². The lowest BCUT2D eigenvalue weighted by atomic mass is 10.0. The SMILES string of the molecule is CC/C=C\C/C=C\C/C=C\C/C=C\CCCCCCCCCCC(=O)OC(COC(=O)CCCCCCC/C=C\CCCCCCCCC)COC(=O)CCCCCCCCCCCCCCCCCCCCCCCC. The number of rotatable bonds is 62. The van der Waals surface area contributed by atoms with Gasteiger partial charge in [-0.25, -0.2) is 0 Å². The second kappa shape index (κ2) is 65.6. The van der Waals surface area contributed by atoms with Crippen molar-refractivity contribution in [2.75, 3.05) is 13.2 Å². The van der Waals surface area contributed by atoms with Crippen LogP contribution >= 0.6 is 0 Å². The summed E-state index contributed by atoms with van der Waals surface area (Å²) < 4.78 is 17.0. The minimum absolute atomic E-state index is 0.0765. The highest BCUT2D eigenvalue weighted by molar-refractivity contribution is 5.71. The van der Waals surface area contributed by atoms with Crippen LogP contribution in [0.15, 0.2) is 60.8 Å². The largest absolute Gasteiger partial charge is 0.462 e. The molecule has 6 heteroatoms. The van der Waals surface area contributed by atoms with Crippen LogP contribution in [0.1, 0.15) is 355 Å². The van der Waals surface area contributed by atoms with Crippen molar-refractivity contribution in [1.29, 1.82) is 0 Å². The standard InChI is InChI=1S/C71H128O6/c1-4-7-10-13-16-19-22-25-28-31-33-35-37-38-40-43-46-49-52-55-58-61-64-70(73)76-67-68(66-75-69(72)63-60-57-54-51-48-45-42-30-27-24-21-18-15-12-9-6-3)77-71(74)65-62-59-56-53-50-47-44-41-39-36-34-32-29-26-23-20-17-14-11-8-5-2/h8,11,17,20,26,29-30,34,36,42,68H,4-7,9-10,12-16,18-19,21-25,27-28,31-33,35,37-41,43-67H2,1-3H3/b11-8-,20-17-,29-26-,36-34-,42-30-. The summed E-state index contributed by atoms with van der Waals surface area (Å²) in [6, 6.07) is 0. The maximum Gasteiger partial charge on any atom is 0.306 e. The van der Waals surface area contributed by atoms with Gasteiger partial charge in [-0.3, -0.25) is 14.4 Å². The average Bonchev–Trinajstić information content (AvgIpc) is 3.43. The van der Waals surface area contributed by atoms with Gasteiger partial charge in [0.2, 0.25) is 0 Å². The molecule has 0 amide bonds. The van der Waals surface area contributed by atoms with E-state index >= 15 is 0 Å². The minimum Gasteiger partial charge on any atom is -0.462 e. The molecule has 0 N–H and O–H groups in total. The smallest absolute Gasteiger partial charge is 0.306 e. The zero-order chi connectivity index (χ0) is 55.7. The average molecular weight is 1080 g/mol. The molecule has 0 aliphatic carbocycles. The minimum atomic E-state index is -0.782. The van der Waals surface area contributed by atoms with Gasteiger partial charge in [-0.1, -0.05) is 313 Å². The van der Waals surface area contributed by atoms with Gasteiger partial charge in [0, 0.05) is 19.3 Å². The molecule has 77 heavy (non-hydrogen) atoms. The molecule has 0 radical (unpaired) electrons. The zero-order valence-electron chi connectivity index (χ0n) is 51.5. The third kappa shape index (κ3) is 63.8. The summed E-state index contributed by atoms with van der Waals surface area (Å²) in [7, 11) is 0. The van der Waals surface area contributed by atoms with Gasteiger partial charge in [0.25, 0.3) is 0 Å². The van der Waals surface area contributed by atoms with E-state index < -0.39 is 6.10 Å². The fraction of sp³-hybridized carbons (Fsp3) is 0.817. The van der Waals surface area contributed by atoms with E-state index in [4.69, 9.17) is 14.2 Å². The van der Waals surface area contributed by atoms with E-state index in [1.807, 2.05) is 0 Å². The van der Waals surface area contributed by atoms with Crippen molar-refractivity contribution in [1.82, 2.24) is 0 Å². The molecule has 0 aromatic heterocycles. The van der Waals surface area contributed by atoms with Crippen LogP contribution in [0.2, 0.25) is 0 Å². The fourth-order valence-electron chi connectivity index (χ4n) is 9.96. The molecule has 1 unspecified atom stereocenters. The normalized spacial score (nSPS) is 12.4. The van der Waals surface area contributed by atoms with Crippen LogP contribution in [-0.4, -0.2) is 37.2 Å². The van der Waals surface area contributed by atoms with Crippen LogP contribution in [0.3, 0.4) is 0 Å². The summed E-state index contributed by atoms with van der Waals surface area (Å²) in [5.74, 6) is -0.871. The predicted molar refractivity (Wildman–Crippen MR) is 335 cm³/mol. The van der Waals surface area contributed by atoms with Crippen molar-refractivity contribution < 1.29 is 28.6 Å². The molecule has 0 saturated carbocycles. The van der Waals surface area contributed by atoms with Crippen molar-refractivity contribution >= 4 is 17.9 Å². The van der Waals surface area contributed by atoms with E-state index in [0.29, 0.717) is 19.3 Å². The Morgan fingerprint density at radius 2 is 0.506 bits per heavy atom. The van der Waals surface area contributed by atoms with Crippen molar-refractivity contribution in [3.63, 3.8) is 0 Å². The van der Waals surface area contributed by atoms with Crippen LogP contribution in [0.25, 0.3) is 0 Å². The Labute approximate surface area is 479 Å². The van der Waals surface area contributed by atoms with Gasteiger partial charge in [-0.05, 0) is 83.5 Å². The highest BCUT2D eigenvalue weighted by Gasteiger charge is 2.19. The molecule has 448 valence electrons. The lowest BCUT2D eigenvalue weighted by Crippen LogP contribution is -2.30. The number of unbranched alkanes of at least 4 members (excludes halogenated alkanes) is 41. The number of esters is 3. The van der Waals surface area contributed by atoms with Gasteiger partial charge >= 0.3 is 17.9 Å². The first-order valence-electron chi connectivity index (χ1n) is 33.8. The lowest BCUT2D eigenvalue weighted by molar-refractivity contribution is -0.167. The first-order valence-corrected chi connectivity index (χ1v) is 33.8. The molecule has 0 heterocycles. The van der Waals surface area contributed by atoms with Crippen LogP contribution in [-0.2, 0) is 28.6 Å². The molecule has 0 bridgehead atoms. The molecule has 1 atom stereocenters. The number of carbonyl (C=O) groups is 3. The van der Waals surface area contributed by atoms with Crippen LogP contribution < -0.4 is 0 Å². The molecule has 0 fully saturated rings. The fourth-order valence-corrected chi connectivity index (χ4v) is 9.96.